The molecule has 1 fully saturated rings. The van der Waals surface area contributed by atoms with Gasteiger partial charge < -0.3 is 4.84 Å². The van der Waals surface area contributed by atoms with Crippen molar-refractivity contribution in [2.45, 2.75) is 55.2 Å². The Bertz CT molecular complexity index is 825. The molecule has 4 nitrogen and oxygen atoms in total. The van der Waals surface area contributed by atoms with E-state index >= 15 is 0 Å². The van der Waals surface area contributed by atoms with Crippen LogP contribution in [0, 0.1) is 11.3 Å². The highest BCUT2D eigenvalue weighted by Gasteiger charge is 2.20. The fraction of sp³-hybridized carbons (Fsp3) is 0.348. The molecule has 0 bridgehead atoms. The number of hydrogen-bond acceptors (Lipinski definition) is 5. The molecule has 0 amide bonds. The van der Waals surface area contributed by atoms with E-state index in [1.165, 1.54) is 31.1 Å². The van der Waals surface area contributed by atoms with Gasteiger partial charge in [-0.15, -0.1) is 0 Å². The second kappa shape index (κ2) is 10.2. The van der Waals surface area contributed by atoms with Crippen molar-refractivity contribution in [1.29, 1.82) is 5.41 Å². The van der Waals surface area contributed by atoms with Crippen molar-refractivity contribution in [3.05, 3.63) is 60.2 Å². The molecule has 0 aliphatic heterocycles. The number of nitrogens with zero attached hydrogens (tertiary/aromatic N) is 1. The van der Waals surface area contributed by atoms with E-state index in [4.69, 9.17) is 10.2 Å². The van der Waals surface area contributed by atoms with Crippen LogP contribution in [0.25, 0.3) is 0 Å². The molecular formula is C23H26N2O2S. The minimum absolute atomic E-state index is 0.336. The molecule has 3 rings (SSSR count). The van der Waals surface area contributed by atoms with Gasteiger partial charge in [-0.3, -0.25) is 5.41 Å². The molecule has 5 heteroatoms. The van der Waals surface area contributed by atoms with Crippen LogP contribution < -0.4 is 0 Å². The molecule has 1 saturated carbocycles. The summed E-state index contributed by atoms with van der Waals surface area (Å²) >= 11 is 1.69. The van der Waals surface area contributed by atoms with Crippen LogP contribution in [0.4, 0.5) is 0 Å². The van der Waals surface area contributed by atoms with Gasteiger partial charge in [0.2, 0.25) is 0 Å². The van der Waals surface area contributed by atoms with Crippen molar-refractivity contribution in [2.24, 2.45) is 11.1 Å². The highest BCUT2D eigenvalue weighted by atomic mass is 32.2. The van der Waals surface area contributed by atoms with Crippen LogP contribution in [0.15, 0.2) is 69.5 Å². The zero-order valence-electron chi connectivity index (χ0n) is 16.2. The van der Waals surface area contributed by atoms with Gasteiger partial charge in [-0.05, 0) is 36.6 Å². The zero-order valence-corrected chi connectivity index (χ0v) is 17.0. The maximum Gasteiger partial charge on any atom is 0.331 e. The van der Waals surface area contributed by atoms with Crippen LogP contribution in [0.2, 0.25) is 0 Å². The Kier molecular flexibility index (Phi) is 7.43. The van der Waals surface area contributed by atoms with Crippen molar-refractivity contribution < 1.29 is 9.63 Å². The molecule has 0 aromatic heterocycles. The summed E-state index contributed by atoms with van der Waals surface area (Å²) in [5, 5.41) is 12.6. The molecule has 0 unspecified atom stereocenters. The molecule has 0 atom stereocenters. The Labute approximate surface area is 170 Å². The predicted molar refractivity (Wildman–Crippen MR) is 114 cm³/mol. The van der Waals surface area contributed by atoms with Crippen LogP contribution in [0.1, 0.15) is 51.0 Å². The summed E-state index contributed by atoms with van der Waals surface area (Å²) in [5.74, 6) is 0.0554. The lowest BCUT2D eigenvalue weighted by Gasteiger charge is -2.22. The van der Waals surface area contributed by atoms with Crippen molar-refractivity contribution in [3.63, 3.8) is 0 Å². The molecular weight excluding hydrogens is 368 g/mol. The van der Waals surface area contributed by atoms with Gasteiger partial charge in [0.25, 0.3) is 0 Å². The molecule has 2 aromatic rings. The molecule has 2 aromatic carbocycles. The van der Waals surface area contributed by atoms with Crippen molar-refractivity contribution in [1.82, 2.24) is 0 Å². The smallest absolute Gasteiger partial charge is 0.318 e. The highest BCUT2D eigenvalue weighted by molar-refractivity contribution is 7.99. The minimum Gasteiger partial charge on any atom is -0.318 e. The molecule has 0 radical (unpaired) electrons. The first-order chi connectivity index (χ1) is 13.6. The molecule has 1 aliphatic carbocycles. The Morgan fingerprint density at radius 2 is 1.68 bits per heavy atom. The summed E-state index contributed by atoms with van der Waals surface area (Å²) in [7, 11) is 0. The third-order valence-corrected chi connectivity index (χ3v) is 5.92. The lowest BCUT2D eigenvalue weighted by atomic mass is 9.84. The van der Waals surface area contributed by atoms with Gasteiger partial charge in [-0.1, -0.05) is 79.4 Å². The number of rotatable bonds is 7. The number of carbonyl (C=O) groups is 1. The number of benzene rings is 2. The quantitative estimate of drug-likeness (QED) is 0.351. The fourth-order valence-corrected chi connectivity index (χ4v) is 4.29. The first-order valence-electron chi connectivity index (χ1n) is 9.78. The largest absolute Gasteiger partial charge is 0.331 e. The van der Waals surface area contributed by atoms with E-state index in [2.05, 4.69) is 17.3 Å². The normalized spacial score (nSPS) is 15.2. The van der Waals surface area contributed by atoms with E-state index in [0.717, 1.165) is 23.3 Å². The highest BCUT2D eigenvalue weighted by Crippen LogP contribution is 2.29. The van der Waals surface area contributed by atoms with Crippen molar-refractivity contribution in [2.75, 3.05) is 0 Å². The Hall–Kier alpha value is -2.40. The zero-order chi connectivity index (χ0) is 19.8. The van der Waals surface area contributed by atoms with Gasteiger partial charge in [0.15, 0.2) is 0 Å². The Morgan fingerprint density at radius 3 is 2.32 bits per heavy atom. The average Bonchev–Trinajstić information content (AvgIpc) is 2.72. The van der Waals surface area contributed by atoms with Gasteiger partial charge in [0.1, 0.15) is 5.71 Å². The maximum absolute atomic E-state index is 11.2. The van der Waals surface area contributed by atoms with E-state index in [0.29, 0.717) is 23.8 Å². The van der Waals surface area contributed by atoms with Crippen LogP contribution >= 0.6 is 11.8 Å². The summed E-state index contributed by atoms with van der Waals surface area (Å²) in [6.07, 6.45) is 6.73. The Balaban J connectivity index is 1.71. The average molecular weight is 395 g/mol. The number of nitrogens with one attached hydrogen (secondary N) is 1. The standard InChI is InChI=1S/C23H26N2O2S/c1-17(26)27-25-22(16-18-8-4-2-5-9-18)23(24)19-12-14-21(15-13-19)28-20-10-6-3-7-11-20/h3,6-7,10-15,18,24H,2,4-5,8-9,16H2,1H3. The lowest BCUT2D eigenvalue weighted by molar-refractivity contribution is -0.140. The predicted octanol–water partition coefficient (Wildman–Crippen LogP) is 6.10. The summed E-state index contributed by atoms with van der Waals surface area (Å²) in [5.41, 5.74) is 1.69. The van der Waals surface area contributed by atoms with E-state index in [-0.39, 0.29) is 0 Å². The summed E-state index contributed by atoms with van der Waals surface area (Å²) in [4.78, 5) is 18.4. The van der Waals surface area contributed by atoms with Crippen LogP contribution in [-0.4, -0.2) is 17.4 Å². The van der Waals surface area contributed by atoms with Crippen LogP contribution in [-0.2, 0) is 9.63 Å². The molecule has 146 valence electrons. The second-order valence-corrected chi connectivity index (χ2v) is 8.29. The van der Waals surface area contributed by atoms with Crippen molar-refractivity contribution in [3.8, 4) is 0 Å². The monoisotopic (exact) mass is 394 g/mol. The van der Waals surface area contributed by atoms with Crippen molar-refractivity contribution >= 4 is 29.2 Å². The van der Waals surface area contributed by atoms with Crippen LogP contribution in [0.3, 0.4) is 0 Å². The maximum atomic E-state index is 11.2. The Morgan fingerprint density at radius 1 is 1.04 bits per heavy atom. The van der Waals surface area contributed by atoms with E-state index < -0.39 is 5.97 Å². The molecule has 1 aliphatic rings. The topological polar surface area (TPSA) is 62.5 Å². The molecule has 0 saturated heterocycles. The summed E-state index contributed by atoms with van der Waals surface area (Å²) in [6.45, 7) is 1.33. The third kappa shape index (κ3) is 6.06. The lowest BCUT2D eigenvalue weighted by Crippen LogP contribution is -2.21. The number of carbonyl (C=O) groups excluding carboxylic acids is 1. The molecule has 1 N–H and O–H groups in total. The van der Waals surface area contributed by atoms with E-state index in [9.17, 15) is 4.79 Å². The van der Waals surface area contributed by atoms with Gasteiger partial charge in [0, 0.05) is 22.3 Å². The third-order valence-electron chi connectivity index (χ3n) is 4.90. The molecule has 0 heterocycles. The molecule has 28 heavy (non-hydrogen) atoms. The first-order valence-corrected chi connectivity index (χ1v) is 10.6. The number of oxime groups is 1. The summed E-state index contributed by atoms with van der Waals surface area (Å²) < 4.78 is 0. The summed E-state index contributed by atoms with van der Waals surface area (Å²) in [6, 6.07) is 18.1. The van der Waals surface area contributed by atoms with Gasteiger partial charge in [-0.25, -0.2) is 4.79 Å². The SMILES string of the molecule is CC(=O)ON=C(CC1CCCCC1)C(=N)c1ccc(Sc2ccccc2)cc1. The minimum atomic E-state index is -0.455. The second-order valence-electron chi connectivity index (χ2n) is 7.14. The van der Waals surface area contributed by atoms with Gasteiger partial charge >= 0.3 is 5.97 Å². The first kappa shape index (κ1) is 20.3. The molecule has 0 spiro atoms. The van der Waals surface area contributed by atoms with Crippen LogP contribution in [0.5, 0.6) is 0 Å². The van der Waals surface area contributed by atoms with Gasteiger partial charge in [-0.2, -0.15) is 0 Å². The fourth-order valence-electron chi connectivity index (χ4n) is 3.45. The van der Waals surface area contributed by atoms with Gasteiger partial charge in [0.05, 0.1) is 5.71 Å². The number of hydrogen-bond donors (Lipinski definition) is 1. The van der Waals surface area contributed by atoms with E-state index in [1.54, 1.807) is 11.8 Å². The van der Waals surface area contributed by atoms with E-state index in [1.807, 2.05) is 42.5 Å².